The van der Waals surface area contributed by atoms with Crippen LogP contribution in [-0.4, -0.2) is 27.0 Å². The van der Waals surface area contributed by atoms with Crippen LogP contribution >= 0.6 is 11.8 Å². The topological polar surface area (TPSA) is 94.1 Å². The predicted molar refractivity (Wildman–Crippen MR) is 85.1 cm³/mol. The van der Waals surface area contributed by atoms with Gasteiger partial charge in [-0.3, -0.25) is 4.79 Å². The van der Waals surface area contributed by atoms with Crippen molar-refractivity contribution in [3.05, 3.63) is 41.7 Å². The predicted octanol–water partition coefficient (Wildman–Crippen LogP) is 3.07. The molecule has 0 aliphatic heterocycles. The third-order valence-corrected chi connectivity index (χ3v) is 3.70. The van der Waals surface area contributed by atoms with Crippen molar-refractivity contribution in [1.82, 2.24) is 15.4 Å². The van der Waals surface area contributed by atoms with Crippen molar-refractivity contribution in [3.63, 3.8) is 0 Å². The van der Waals surface area contributed by atoms with Crippen LogP contribution in [0.1, 0.15) is 11.3 Å². The molecule has 0 radical (unpaired) electrons. The average molecular weight is 330 g/mol. The fourth-order valence-corrected chi connectivity index (χ4v) is 2.45. The lowest BCUT2D eigenvalue weighted by atomic mass is 10.2. The molecule has 2 heterocycles. The molecule has 0 fully saturated rings. The van der Waals surface area contributed by atoms with Crippen LogP contribution in [-0.2, 0) is 4.79 Å². The van der Waals surface area contributed by atoms with E-state index in [4.69, 9.17) is 8.94 Å². The smallest absolute Gasteiger partial charge is 0.277 e. The maximum absolute atomic E-state index is 11.9. The molecule has 0 aliphatic rings. The first kappa shape index (κ1) is 15.3. The summed E-state index contributed by atoms with van der Waals surface area (Å²) in [5.41, 5.74) is 2.32. The molecular weight excluding hydrogens is 316 g/mol. The summed E-state index contributed by atoms with van der Waals surface area (Å²) in [6.45, 7) is 3.74. The number of benzene rings is 1. The van der Waals surface area contributed by atoms with Crippen molar-refractivity contribution in [2.75, 3.05) is 11.1 Å². The summed E-state index contributed by atoms with van der Waals surface area (Å²) >= 11 is 1.16. The van der Waals surface area contributed by atoms with Gasteiger partial charge in [0.2, 0.25) is 5.91 Å². The SMILES string of the molecule is Cc1cccc(NC(=O)CSc2nnc(-c3cc(C)on3)o2)c1. The van der Waals surface area contributed by atoms with Gasteiger partial charge in [0.25, 0.3) is 11.1 Å². The highest BCUT2D eigenvalue weighted by Crippen LogP contribution is 2.23. The first-order valence-corrected chi connectivity index (χ1v) is 7.85. The Balaban J connectivity index is 1.56. The van der Waals surface area contributed by atoms with Crippen LogP contribution in [0, 0.1) is 13.8 Å². The number of amides is 1. The van der Waals surface area contributed by atoms with Crippen molar-refractivity contribution in [2.45, 2.75) is 19.1 Å². The number of nitrogens with one attached hydrogen (secondary N) is 1. The number of hydrogen-bond acceptors (Lipinski definition) is 7. The maximum Gasteiger partial charge on any atom is 0.277 e. The van der Waals surface area contributed by atoms with Gasteiger partial charge in [0, 0.05) is 11.8 Å². The van der Waals surface area contributed by atoms with Crippen molar-refractivity contribution < 1.29 is 13.7 Å². The third-order valence-electron chi connectivity index (χ3n) is 2.88. The van der Waals surface area contributed by atoms with E-state index < -0.39 is 0 Å². The second kappa shape index (κ2) is 6.66. The molecule has 0 bridgehead atoms. The molecule has 1 N–H and O–H groups in total. The van der Waals surface area contributed by atoms with Crippen molar-refractivity contribution in [2.24, 2.45) is 0 Å². The fraction of sp³-hybridized carbons (Fsp3) is 0.200. The Bertz CT molecular complexity index is 828. The number of hydrogen-bond donors (Lipinski definition) is 1. The molecule has 0 unspecified atom stereocenters. The molecule has 3 rings (SSSR count). The van der Waals surface area contributed by atoms with Gasteiger partial charge in [-0.25, -0.2) is 0 Å². The molecule has 0 saturated heterocycles. The summed E-state index contributed by atoms with van der Waals surface area (Å²) in [7, 11) is 0. The zero-order chi connectivity index (χ0) is 16.2. The number of carbonyl (C=O) groups excluding carboxylic acids is 1. The van der Waals surface area contributed by atoms with Crippen molar-refractivity contribution in [3.8, 4) is 11.6 Å². The average Bonchev–Trinajstić information content (AvgIpc) is 3.14. The van der Waals surface area contributed by atoms with Crippen molar-refractivity contribution >= 4 is 23.4 Å². The molecule has 0 atom stereocenters. The highest BCUT2D eigenvalue weighted by Gasteiger charge is 2.14. The van der Waals surface area contributed by atoms with E-state index in [1.165, 1.54) is 0 Å². The van der Waals surface area contributed by atoms with Crippen LogP contribution in [0.3, 0.4) is 0 Å². The monoisotopic (exact) mass is 330 g/mol. The van der Waals surface area contributed by atoms with Crippen LogP contribution in [0.15, 0.2) is 44.5 Å². The Hall–Kier alpha value is -2.61. The van der Waals surface area contributed by atoms with E-state index in [2.05, 4.69) is 20.7 Å². The molecular formula is C15H14N4O3S. The highest BCUT2D eigenvalue weighted by molar-refractivity contribution is 7.99. The van der Waals surface area contributed by atoms with Crippen LogP contribution in [0.2, 0.25) is 0 Å². The van der Waals surface area contributed by atoms with Gasteiger partial charge in [-0.2, -0.15) is 0 Å². The van der Waals surface area contributed by atoms with E-state index in [9.17, 15) is 4.79 Å². The standard InChI is InChI=1S/C15H14N4O3S/c1-9-4-3-5-11(6-9)16-13(20)8-23-15-18-17-14(21-15)12-7-10(2)22-19-12/h3-7H,8H2,1-2H3,(H,16,20). The lowest BCUT2D eigenvalue weighted by Crippen LogP contribution is -2.13. The minimum absolute atomic E-state index is 0.141. The van der Waals surface area contributed by atoms with Gasteiger partial charge in [0.15, 0.2) is 5.69 Å². The van der Waals surface area contributed by atoms with Gasteiger partial charge in [-0.15, -0.1) is 10.2 Å². The lowest BCUT2D eigenvalue weighted by molar-refractivity contribution is -0.113. The molecule has 23 heavy (non-hydrogen) atoms. The molecule has 1 amide bonds. The maximum atomic E-state index is 11.9. The van der Waals surface area contributed by atoms with Gasteiger partial charge >= 0.3 is 0 Å². The molecule has 8 heteroatoms. The number of aryl methyl sites for hydroxylation is 2. The van der Waals surface area contributed by atoms with Gasteiger partial charge in [0.1, 0.15) is 5.76 Å². The van der Waals surface area contributed by atoms with Gasteiger partial charge in [-0.1, -0.05) is 29.1 Å². The van der Waals surface area contributed by atoms with Gasteiger partial charge in [0.05, 0.1) is 5.75 Å². The Kier molecular flexibility index (Phi) is 4.42. The Labute approximate surface area is 136 Å². The second-order valence-electron chi connectivity index (χ2n) is 4.90. The van der Waals surface area contributed by atoms with E-state index in [0.717, 1.165) is 23.0 Å². The van der Waals surface area contributed by atoms with Gasteiger partial charge in [-0.05, 0) is 31.5 Å². The number of nitrogens with zero attached hydrogens (tertiary/aromatic N) is 3. The van der Waals surface area contributed by atoms with E-state index in [1.54, 1.807) is 13.0 Å². The Morgan fingerprint density at radius 2 is 2.13 bits per heavy atom. The number of aromatic nitrogens is 3. The lowest BCUT2D eigenvalue weighted by Gasteiger charge is -2.04. The zero-order valence-electron chi connectivity index (χ0n) is 12.6. The fourth-order valence-electron chi connectivity index (χ4n) is 1.89. The number of anilines is 1. The largest absolute Gasteiger partial charge is 0.409 e. The van der Waals surface area contributed by atoms with Crippen LogP contribution in [0.25, 0.3) is 11.6 Å². The molecule has 3 aromatic rings. The molecule has 7 nitrogen and oxygen atoms in total. The van der Waals surface area contributed by atoms with Crippen molar-refractivity contribution in [1.29, 1.82) is 0 Å². The molecule has 0 aliphatic carbocycles. The van der Waals surface area contributed by atoms with E-state index in [1.807, 2.05) is 31.2 Å². The molecule has 0 saturated carbocycles. The summed E-state index contributed by atoms with van der Waals surface area (Å²) in [5, 5.41) is 14.7. The summed E-state index contributed by atoms with van der Waals surface area (Å²) in [4.78, 5) is 11.9. The van der Waals surface area contributed by atoms with E-state index in [0.29, 0.717) is 16.7 Å². The summed E-state index contributed by atoms with van der Waals surface area (Å²) < 4.78 is 10.4. The number of thioether (sulfide) groups is 1. The molecule has 118 valence electrons. The Morgan fingerprint density at radius 3 is 2.87 bits per heavy atom. The van der Waals surface area contributed by atoms with E-state index in [-0.39, 0.29) is 17.6 Å². The first-order chi connectivity index (χ1) is 11.1. The van der Waals surface area contributed by atoms with E-state index >= 15 is 0 Å². The third kappa shape index (κ3) is 3.98. The van der Waals surface area contributed by atoms with Crippen LogP contribution in [0.5, 0.6) is 0 Å². The summed E-state index contributed by atoms with van der Waals surface area (Å²) in [6.07, 6.45) is 0. The minimum Gasteiger partial charge on any atom is -0.409 e. The number of carbonyl (C=O) groups is 1. The summed E-state index contributed by atoms with van der Waals surface area (Å²) in [6, 6.07) is 9.30. The zero-order valence-corrected chi connectivity index (χ0v) is 13.4. The van der Waals surface area contributed by atoms with Gasteiger partial charge < -0.3 is 14.3 Å². The number of rotatable bonds is 5. The van der Waals surface area contributed by atoms with Crippen LogP contribution < -0.4 is 5.32 Å². The normalized spacial score (nSPS) is 10.7. The molecule has 1 aromatic carbocycles. The quantitative estimate of drug-likeness (QED) is 0.718. The second-order valence-corrected chi connectivity index (χ2v) is 5.83. The summed E-state index contributed by atoms with van der Waals surface area (Å²) in [5.74, 6) is 0.957. The minimum atomic E-state index is -0.141. The first-order valence-electron chi connectivity index (χ1n) is 6.86. The highest BCUT2D eigenvalue weighted by atomic mass is 32.2. The molecule has 0 spiro atoms. The molecule has 2 aromatic heterocycles. The Morgan fingerprint density at radius 1 is 1.26 bits per heavy atom. The van der Waals surface area contributed by atoms with Crippen LogP contribution in [0.4, 0.5) is 5.69 Å².